The van der Waals surface area contributed by atoms with Crippen molar-refractivity contribution in [3.05, 3.63) is 0 Å². The third-order valence-electron chi connectivity index (χ3n) is 4.47. The Morgan fingerprint density at radius 3 is 2.33 bits per heavy atom. The molecule has 0 aromatic carbocycles. The lowest BCUT2D eigenvalue weighted by Gasteiger charge is -2.19. The van der Waals surface area contributed by atoms with Crippen molar-refractivity contribution < 1.29 is 9.84 Å². The molecule has 2 nitrogen and oxygen atoms in total. The molecule has 86 valence electrons. The number of rotatable bonds is 3. The fourth-order valence-electron chi connectivity index (χ4n) is 3.56. The maximum absolute atomic E-state index is 9.97. The van der Waals surface area contributed by atoms with Crippen LogP contribution in [0.15, 0.2) is 0 Å². The van der Waals surface area contributed by atoms with Crippen LogP contribution in [0.4, 0.5) is 0 Å². The minimum absolute atomic E-state index is 0.378. The molecular weight excluding hydrogens is 188 g/mol. The minimum Gasteiger partial charge on any atom is -0.390 e. The maximum Gasteiger partial charge on any atom is 0.0625 e. The minimum atomic E-state index is -0.378. The van der Waals surface area contributed by atoms with E-state index in [-0.39, 0.29) is 5.60 Å². The Bertz CT molecular complexity index is 229. The average molecular weight is 210 g/mol. The Labute approximate surface area is 92.0 Å². The molecule has 3 aliphatic rings. The average Bonchev–Trinajstić information content (AvgIpc) is 2.82. The Balaban J connectivity index is 1.48. The van der Waals surface area contributed by atoms with Gasteiger partial charge >= 0.3 is 0 Å². The van der Waals surface area contributed by atoms with Crippen molar-refractivity contribution in [1.82, 2.24) is 0 Å². The van der Waals surface area contributed by atoms with Gasteiger partial charge in [0.2, 0.25) is 0 Å². The van der Waals surface area contributed by atoms with Gasteiger partial charge in [-0.25, -0.2) is 0 Å². The molecular formula is C13H22O2. The van der Waals surface area contributed by atoms with Crippen molar-refractivity contribution in [1.29, 1.82) is 0 Å². The summed E-state index contributed by atoms with van der Waals surface area (Å²) in [5, 5.41) is 9.97. The standard InChI is InChI=1S/C13H22O2/c1-13(14)6-10-4-12(5-11(10)7-13)15-8-9-2-3-9/h9-12,14H,2-8H2,1H3/t10-,11+,12-,13?. The topological polar surface area (TPSA) is 29.5 Å². The smallest absolute Gasteiger partial charge is 0.0625 e. The number of fused-ring (bicyclic) bond motifs is 1. The summed E-state index contributed by atoms with van der Waals surface area (Å²) in [7, 11) is 0. The molecule has 3 aliphatic carbocycles. The largest absolute Gasteiger partial charge is 0.390 e. The van der Waals surface area contributed by atoms with Crippen molar-refractivity contribution in [3.8, 4) is 0 Å². The van der Waals surface area contributed by atoms with Gasteiger partial charge in [-0.3, -0.25) is 0 Å². The van der Waals surface area contributed by atoms with Crippen LogP contribution in [0.25, 0.3) is 0 Å². The Kier molecular flexibility index (Phi) is 2.33. The van der Waals surface area contributed by atoms with E-state index < -0.39 is 0 Å². The monoisotopic (exact) mass is 210 g/mol. The highest BCUT2D eigenvalue weighted by atomic mass is 16.5. The Morgan fingerprint density at radius 1 is 1.20 bits per heavy atom. The van der Waals surface area contributed by atoms with Crippen LogP contribution in [0.2, 0.25) is 0 Å². The van der Waals surface area contributed by atoms with Crippen LogP contribution in [-0.4, -0.2) is 23.4 Å². The van der Waals surface area contributed by atoms with Gasteiger partial charge in [-0.15, -0.1) is 0 Å². The highest BCUT2D eigenvalue weighted by Gasteiger charge is 2.46. The first-order valence-corrected chi connectivity index (χ1v) is 6.46. The molecule has 1 unspecified atom stereocenters. The molecule has 3 rings (SSSR count). The first kappa shape index (κ1) is 10.1. The lowest BCUT2D eigenvalue weighted by molar-refractivity contribution is 0.0240. The lowest BCUT2D eigenvalue weighted by atomic mass is 10.0. The molecule has 0 aliphatic heterocycles. The normalized spacial score (nSPS) is 49.6. The van der Waals surface area contributed by atoms with E-state index in [2.05, 4.69) is 0 Å². The SMILES string of the molecule is CC1(O)C[C@H]2C[C@@H](OCC3CC3)C[C@H]2C1. The van der Waals surface area contributed by atoms with E-state index in [0.29, 0.717) is 6.10 Å². The van der Waals surface area contributed by atoms with E-state index in [1.54, 1.807) is 0 Å². The van der Waals surface area contributed by atoms with Gasteiger partial charge in [0.1, 0.15) is 0 Å². The molecule has 15 heavy (non-hydrogen) atoms. The summed E-state index contributed by atoms with van der Waals surface area (Å²) in [6.45, 7) is 2.99. The molecule has 0 aromatic heterocycles. The summed E-state index contributed by atoms with van der Waals surface area (Å²) in [6, 6.07) is 0. The molecule has 0 radical (unpaired) electrons. The summed E-state index contributed by atoms with van der Waals surface area (Å²) < 4.78 is 5.95. The van der Waals surface area contributed by atoms with E-state index in [9.17, 15) is 5.11 Å². The number of hydrogen-bond acceptors (Lipinski definition) is 2. The predicted octanol–water partition coefficient (Wildman–Crippen LogP) is 2.35. The van der Waals surface area contributed by atoms with Crippen molar-refractivity contribution in [3.63, 3.8) is 0 Å². The van der Waals surface area contributed by atoms with Crippen LogP contribution in [0.5, 0.6) is 0 Å². The van der Waals surface area contributed by atoms with Crippen LogP contribution in [0, 0.1) is 17.8 Å². The zero-order chi connectivity index (χ0) is 10.5. The van der Waals surface area contributed by atoms with Gasteiger partial charge in [0.05, 0.1) is 11.7 Å². The number of hydrogen-bond donors (Lipinski definition) is 1. The molecule has 0 amide bonds. The molecule has 0 saturated heterocycles. The van der Waals surface area contributed by atoms with Crippen LogP contribution >= 0.6 is 0 Å². The number of aliphatic hydroxyl groups is 1. The van der Waals surface area contributed by atoms with Gasteiger partial charge in [0.25, 0.3) is 0 Å². The van der Waals surface area contributed by atoms with Gasteiger partial charge in [0.15, 0.2) is 0 Å². The van der Waals surface area contributed by atoms with Crippen LogP contribution < -0.4 is 0 Å². The Hall–Kier alpha value is -0.0800. The molecule has 0 heterocycles. The number of ether oxygens (including phenoxy) is 1. The quantitative estimate of drug-likeness (QED) is 0.775. The van der Waals surface area contributed by atoms with E-state index in [1.807, 2.05) is 6.92 Å². The molecule has 3 saturated carbocycles. The first-order valence-electron chi connectivity index (χ1n) is 6.46. The Morgan fingerprint density at radius 2 is 1.80 bits per heavy atom. The van der Waals surface area contributed by atoms with Gasteiger partial charge < -0.3 is 9.84 Å². The molecule has 0 spiro atoms. The lowest BCUT2D eigenvalue weighted by Crippen LogP contribution is -2.22. The predicted molar refractivity (Wildman–Crippen MR) is 58.5 cm³/mol. The third kappa shape index (κ3) is 2.21. The molecule has 0 bridgehead atoms. The van der Waals surface area contributed by atoms with Gasteiger partial charge in [-0.2, -0.15) is 0 Å². The van der Waals surface area contributed by atoms with Crippen molar-refractivity contribution in [2.45, 2.75) is 57.2 Å². The molecule has 3 fully saturated rings. The molecule has 0 aromatic rings. The summed E-state index contributed by atoms with van der Waals surface area (Å²) in [6.07, 6.45) is 7.68. The van der Waals surface area contributed by atoms with Crippen molar-refractivity contribution >= 4 is 0 Å². The third-order valence-corrected chi connectivity index (χ3v) is 4.47. The molecule has 1 N–H and O–H groups in total. The first-order chi connectivity index (χ1) is 7.12. The fraction of sp³-hybridized carbons (Fsp3) is 1.00. The van der Waals surface area contributed by atoms with Crippen LogP contribution in [-0.2, 0) is 4.74 Å². The van der Waals surface area contributed by atoms with E-state index in [4.69, 9.17) is 4.74 Å². The summed E-state index contributed by atoms with van der Waals surface area (Å²) >= 11 is 0. The fourth-order valence-corrected chi connectivity index (χ4v) is 3.56. The molecule has 2 heteroatoms. The second kappa shape index (κ2) is 3.46. The zero-order valence-electron chi connectivity index (χ0n) is 9.61. The van der Waals surface area contributed by atoms with E-state index in [1.165, 1.54) is 25.7 Å². The van der Waals surface area contributed by atoms with E-state index >= 15 is 0 Å². The highest BCUT2D eigenvalue weighted by Crippen LogP contribution is 2.49. The zero-order valence-corrected chi connectivity index (χ0v) is 9.61. The highest BCUT2D eigenvalue weighted by molar-refractivity contribution is 4.97. The van der Waals surface area contributed by atoms with Crippen molar-refractivity contribution in [2.75, 3.05) is 6.61 Å². The van der Waals surface area contributed by atoms with Crippen LogP contribution in [0.3, 0.4) is 0 Å². The van der Waals surface area contributed by atoms with Crippen LogP contribution in [0.1, 0.15) is 45.4 Å². The van der Waals surface area contributed by atoms with Gasteiger partial charge in [-0.1, -0.05) is 0 Å². The molecule has 4 atom stereocenters. The summed E-state index contributed by atoms with van der Waals surface area (Å²) in [4.78, 5) is 0. The van der Waals surface area contributed by atoms with Gasteiger partial charge in [-0.05, 0) is 63.2 Å². The van der Waals surface area contributed by atoms with Crippen molar-refractivity contribution in [2.24, 2.45) is 17.8 Å². The second-order valence-corrected chi connectivity index (χ2v) is 6.30. The van der Waals surface area contributed by atoms with E-state index in [0.717, 1.165) is 37.2 Å². The second-order valence-electron chi connectivity index (χ2n) is 6.30. The summed E-state index contributed by atoms with van der Waals surface area (Å²) in [5.41, 5.74) is -0.378. The maximum atomic E-state index is 9.97. The summed E-state index contributed by atoms with van der Waals surface area (Å²) in [5.74, 6) is 2.36. The van der Waals surface area contributed by atoms with Gasteiger partial charge in [0, 0.05) is 6.61 Å².